The van der Waals surface area contributed by atoms with Crippen LogP contribution in [0.25, 0.3) is 5.82 Å². The van der Waals surface area contributed by atoms with Crippen LogP contribution in [0, 0.1) is 6.92 Å². The molecule has 30 heavy (non-hydrogen) atoms. The molecule has 10 heteroatoms. The second-order valence-electron chi connectivity index (χ2n) is 6.37. The number of hydrogen-bond donors (Lipinski definition) is 2. The standard InChI is InChI=1S/C20H17BrN6O2S/c1-14-23-19(12-20(24-14)27-11-10-22-13-27)25-15-6-8-16(9-7-15)26-30(28,29)18-5-3-2-4-17(18)21/h2-13,26H,1H3,(H,23,24,25). The topological polar surface area (TPSA) is 102 Å². The molecule has 0 aliphatic carbocycles. The van der Waals surface area contributed by atoms with Gasteiger partial charge in [-0.1, -0.05) is 12.1 Å². The van der Waals surface area contributed by atoms with Gasteiger partial charge in [0.05, 0.1) is 0 Å². The molecule has 2 heterocycles. The molecule has 2 aromatic carbocycles. The fraction of sp³-hybridized carbons (Fsp3) is 0.0500. The van der Waals surface area contributed by atoms with Crippen molar-refractivity contribution in [3.8, 4) is 5.82 Å². The van der Waals surface area contributed by atoms with Crippen molar-refractivity contribution < 1.29 is 8.42 Å². The van der Waals surface area contributed by atoms with Crippen molar-refractivity contribution in [2.45, 2.75) is 11.8 Å². The van der Waals surface area contributed by atoms with Crippen LogP contribution in [0.1, 0.15) is 5.82 Å². The Morgan fingerprint density at radius 2 is 1.73 bits per heavy atom. The molecule has 0 amide bonds. The molecule has 152 valence electrons. The van der Waals surface area contributed by atoms with Gasteiger partial charge in [-0.15, -0.1) is 0 Å². The van der Waals surface area contributed by atoms with E-state index in [0.29, 0.717) is 27.6 Å². The van der Waals surface area contributed by atoms with E-state index in [1.807, 2.05) is 6.92 Å². The van der Waals surface area contributed by atoms with Gasteiger partial charge in [0.15, 0.2) is 0 Å². The number of aromatic nitrogens is 4. The summed E-state index contributed by atoms with van der Waals surface area (Å²) in [6.45, 7) is 1.81. The number of benzene rings is 2. The van der Waals surface area contributed by atoms with Crippen LogP contribution < -0.4 is 10.0 Å². The van der Waals surface area contributed by atoms with Crippen molar-refractivity contribution in [3.63, 3.8) is 0 Å². The molecule has 4 aromatic rings. The molecule has 0 bridgehead atoms. The Kier molecular flexibility index (Phi) is 5.51. The molecule has 0 unspecified atom stereocenters. The second kappa shape index (κ2) is 8.25. The van der Waals surface area contributed by atoms with Gasteiger partial charge < -0.3 is 5.32 Å². The minimum atomic E-state index is -3.70. The molecule has 0 aliphatic heterocycles. The molecule has 0 radical (unpaired) electrons. The number of sulfonamides is 1. The lowest BCUT2D eigenvalue weighted by atomic mass is 10.3. The Morgan fingerprint density at radius 1 is 1.00 bits per heavy atom. The SMILES string of the molecule is Cc1nc(Nc2ccc(NS(=O)(=O)c3ccccc3Br)cc2)cc(-n2ccnc2)n1. The first-order valence-electron chi connectivity index (χ1n) is 8.89. The molecular weight excluding hydrogens is 468 g/mol. The maximum Gasteiger partial charge on any atom is 0.263 e. The zero-order chi connectivity index (χ0) is 21.1. The van der Waals surface area contributed by atoms with Crippen LogP contribution >= 0.6 is 15.9 Å². The lowest BCUT2D eigenvalue weighted by Gasteiger charge is -2.11. The second-order valence-corrected chi connectivity index (χ2v) is 8.87. The van der Waals surface area contributed by atoms with Gasteiger partial charge in [0, 0.05) is 34.3 Å². The van der Waals surface area contributed by atoms with Crippen LogP contribution in [-0.4, -0.2) is 27.9 Å². The number of hydrogen-bond acceptors (Lipinski definition) is 6. The minimum absolute atomic E-state index is 0.177. The van der Waals surface area contributed by atoms with Crippen molar-refractivity contribution in [1.82, 2.24) is 19.5 Å². The quantitative estimate of drug-likeness (QED) is 0.423. The van der Waals surface area contributed by atoms with Gasteiger partial charge in [0.1, 0.15) is 28.7 Å². The summed E-state index contributed by atoms with van der Waals surface area (Å²) < 4.78 is 30.1. The first-order chi connectivity index (χ1) is 14.4. The number of nitrogens with zero attached hydrogens (tertiary/aromatic N) is 4. The summed E-state index contributed by atoms with van der Waals surface area (Å²) >= 11 is 3.27. The molecule has 0 aliphatic rings. The predicted octanol–water partition coefficient (Wildman–Crippen LogP) is 4.28. The van der Waals surface area contributed by atoms with E-state index in [1.165, 1.54) is 6.07 Å². The molecule has 0 fully saturated rings. The van der Waals surface area contributed by atoms with Gasteiger partial charge in [-0.3, -0.25) is 9.29 Å². The summed E-state index contributed by atoms with van der Waals surface area (Å²) in [5, 5.41) is 3.21. The van der Waals surface area contributed by atoms with Crippen molar-refractivity contribution in [1.29, 1.82) is 0 Å². The van der Waals surface area contributed by atoms with Crippen molar-refractivity contribution >= 4 is 43.1 Å². The highest BCUT2D eigenvalue weighted by Crippen LogP contribution is 2.25. The van der Waals surface area contributed by atoms with Gasteiger partial charge in [0.2, 0.25) is 0 Å². The third-order valence-electron chi connectivity index (χ3n) is 4.13. The highest BCUT2D eigenvalue weighted by molar-refractivity contribution is 9.10. The summed E-state index contributed by atoms with van der Waals surface area (Å²) in [7, 11) is -3.70. The first-order valence-corrected chi connectivity index (χ1v) is 11.2. The number of nitrogens with one attached hydrogen (secondary N) is 2. The maximum atomic E-state index is 12.6. The van der Waals surface area contributed by atoms with Crippen LogP contribution in [-0.2, 0) is 10.0 Å². The Bertz CT molecular complexity index is 1280. The van der Waals surface area contributed by atoms with E-state index in [1.54, 1.807) is 71.8 Å². The summed E-state index contributed by atoms with van der Waals surface area (Å²) in [5.74, 6) is 1.93. The molecule has 0 saturated heterocycles. The Hall–Kier alpha value is -3.24. The van der Waals surface area contributed by atoms with E-state index in [9.17, 15) is 8.42 Å². The number of rotatable bonds is 6. The molecule has 2 aromatic heterocycles. The molecule has 0 saturated carbocycles. The van der Waals surface area contributed by atoms with Crippen LogP contribution in [0.4, 0.5) is 17.2 Å². The van der Waals surface area contributed by atoms with E-state index >= 15 is 0 Å². The molecule has 4 rings (SSSR count). The zero-order valence-electron chi connectivity index (χ0n) is 15.8. The molecule has 8 nitrogen and oxygen atoms in total. The zero-order valence-corrected chi connectivity index (χ0v) is 18.2. The fourth-order valence-electron chi connectivity index (χ4n) is 2.79. The number of halogens is 1. The number of anilines is 3. The number of imidazole rings is 1. The van der Waals surface area contributed by atoms with Crippen LogP contribution in [0.15, 0.2) is 82.7 Å². The highest BCUT2D eigenvalue weighted by atomic mass is 79.9. The van der Waals surface area contributed by atoms with Gasteiger partial charge in [-0.2, -0.15) is 0 Å². The van der Waals surface area contributed by atoms with Crippen LogP contribution in [0.3, 0.4) is 0 Å². The van der Waals surface area contributed by atoms with Crippen molar-refractivity contribution in [2.24, 2.45) is 0 Å². The van der Waals surface area contributed by atoms with Gasteiger partial charge in [-0.25, -0.2) is 23.4 Å². The molecule has 0 atom stereocenters. The summed E-state index contributed by atoms with van der Waals surface area (Å²) in [6, 6.07) is 15.4. The lowest BCUT2D eigenvalue weighted by molar-refractivity contribution is 0.601. The van der Waals surface area contributed by atoms with E-state index < -0.39 is 10.0 Å². The van der Waals surface area contributed by atoms with Gasteiger partial charge >= 0.3 is 0 Å². The van der Waals surface area contributed by atoms with Gasteiger partial charge in [0.25, 0.3) is 10.0 Å². The lowest BCUT2D eigenvalue weighted by Crippen LogP contribution is -2.13. The normalized spacial score (nSPS) is 11.3. The van der Waals surface area contributed by atoms with E-state index in [-0.39, 0.29) is 4.90 Å². The summed E-state index contributed by atoms with van der Waals surface area (Å²) in [6.07, 6.45) is 5.15. The van der Waals surface area contributed by atoms with E-state index in [2.05, 4.69) is 40.9 Å². The first kappa shape index (κ1) is 20.0. The predicted molar refractivity (Wildman–Crippen MR) is 119 cm³/mol. The van der Waals surface area contributed by atoms with Crippen LogP contribution in [0.2, 0.25) is 0 Å². The fourth-order valence-corrected chi connectivity index (χ4v) is 4.85. The average molecular weight is 485 g/mol. The highest BCUT2D eigenvalue weighted by Gasteiger charge is 2.17. The van der Waals surface area contributed by atoms with E-state index in [4.69, 9.17) is 0 Å². The van der Waals surface area contributed by atoms with Crippen molar-refractivity contribution in [3.05, 3.63) is 83.6 Å². The Balaban J connectivity index is 1.52. The Labute approximate surface area is 182 Å². The third kappa shape index (κ3) is 4.50. The average Bonchev–Trinajstić information content (AvgIpc) is 3.24. The smallest absolute Gasteiger partial charge is 0.263 e. The molecule has 2 N–H and O–H groups in total. The molecular formula is C20H17BrN6O2S. The molecule has 0 spiro atoms. The minimum Gasteiger partial charge on any atom is -0.340 e. The monoisotopic (exact) mass is 484 g/mol. The summed E-state index contributed by atoms with van der Waals surface area (Å²) in [5.41, 5.74) is 1.21. The Morgan fingerprint density at radius 3 is 2.43 bits per heavy atom. The summed E-state index contributed by atoms with van der Waals surface area (Å²) in [4.78, 5) is 13.0. The number of aryl methyl sites for hydroxylation is 1. The largest absolute Gasteiger partial charge is 0.340 e. The third-order valence-corrected chi connectivity index (χ3v) is 6.52. The van der Waals surface area contributed by atoms with Gasteiger partial charge in [-0.05, 0) is 59.3 Å². The maximum absolute atomic E-state index is 12.6. The van der Waals surface area contributed by atoms with Crippen molar-refractivity contribution in [2.75, 3.05) is 10.0 Å². The van der Waals surface area contributed by atoms with Crippen LogP contribution in [0.5, 0.6) is 0 Å². The van der Waals surface area contributed by atoms with E-state index in [0.717, 1.165) is 5.69 Å².